The molecule has 0 radical (unpaired) electrons. The lowest BCUT2D eigenvalue weighted by Crippen LogP contribution is -2.43. The summed E-state index contributed by atoms with van der Waals surface area (Å²) in [4.78, 5) is 4.71. The van der Waals surface area contributed by atoms with Gasteiger partial charge in [-0.2, -0.15) is 11.8 Å². The van der Waals surface area contributed by atoms with Crippen LogP contribution in [0, 0.1) is 5.92 Å². The summed E-state index contributed by atoms with van der Waals surface area (Å²) in [6, 6.07) is 4.50. The second-order valence-corrected chi connectivity index (χ2v) is 7.49. The van der Waals surface area contributed by atoms with Crippen LogP contribution >= 0.6 is 11.8 Å². The Morgan fingerprint density at radius 1 is 1.45 bits per heavy atom. The first-order chi connectivity index (χ1) is 10.7. The van der Waals surface area contributed by atoms with Gasteiger partial charge in [-0.1, -0.05) is 13.8 Å². The highest BCUT2D eigenvalue weighted by molar-refractivity contribution is 7.99. The van der Waals surface area contributed by atoms with Crippen LogP contribution in [-0.2, 0) is 6.42 Å². The van der Waals surface area contributed by atoms with Crippen LogP contribution in [-0.4, -0.2) is 36.6 Å². The molecule has 1 fully saturated rings. The molecule has 1 heterocycles. The van der Waals surface area contributed by atoms with Gasteiger partial charge in [0, 0.05) is 30.8 Å². The van der Waals surface area contributed by atoms with Gasteiger partial charge >= 0.3 is 0 Å². The van der Waals surface area contributed by atoms with Crippen LogP contribution in [0.5, 0.6) is 0 Å². The fraction of sp³-hybridized carbons (Fsp3) is 0.706. The second-order valence-electron chi connectivity index (χ2n) is 6.35. The predicted octanol–water partition coefficient (Wildman–Crippen LogP) is 3.30. The molecule has 2 N–H and O–H groups in total. The molecule has 0 saturated heterocycles. The van der Waals surface area contributed by atoms with Gasteiger partial charge in [0.1, 0.15) is 5.76 Å². The molecular formula is C17H29N3OS. The minimum Gasteiger partial charge on any atom is -0.469 e. The summed E-state index contributed by atoms with van der Waals surface area (Å²) >= 11 is 1.98. The van der Waals surface area contributed by atoms with Gasteiger partial charge in [0.05, 0.1) is 6.26 Å². The monoisotopic (exact) mass is 323 g/mol. The number of nitrogens with one attached hydrogen (secondary N) is 2. The smallest absolute Gasteiger partial charge is 0.191 e. The molecular weight excluding hydrogens is 294 g/mol. The molecule has 5 heteroatoms. The Balaban J connectivity index is 1.81. The van der Waals surface area contributed by atoms with E-state index in [1.807, 2.05) is 23.9 Å². The maximum atomic E-state index is 5.37. The van der Waals surface area contributed by atoms with E-state index in [9.17, 15) is 0 Å². The lowest BCUT2D eigenvalue weighted by molar-refractivity contribution is 0.505. The van der Waals surface area contributed by atoms with E-state index in [4.69, 9.17) is 9.41 Å². The molecule has 2 rings (SSSR count). The Morgan fingerprint density at radius 2 is 2.32 bits per heavy atom. The maximum absolute atomic E-state index is 5.37. The minimum atomic E-state index is 0.555. The van der Waals surface area contributed by atoms with Gasteiger partial charge < -0.3 is 15.1 Å². The van der Waals surface area contributed by atoms with Crippen molar-refractivity contribution in [3.05, 3.63) is 24.2 Å². The Bertz CT molecular complexity index is 445. The summed E-state index contributed by atoms with van der Waals surface area (Å²) in [5.74, 6) is 2.54. The number of aliphatic imine (C=N–C) groups is 1. The van der Waals surface area contributed by atoms with Gasteiger partial charge in [-0.3, -0.25) is 4.99 Å². The first kappa shape index (κ1) is 17.3. The summed E-state index contributed by atoms with van der Waals surface area (Å²) in [6.45, 7) is 6.09. The quantitative estimate of drug-likeness (QED) is 0.597. The molecule has 0 amide bonds. The van der Waals surface area contributed by atoms with Gasteiger partial charge in [0.25, 0.3) is 0 Å². The minimum absolute atomic E-state index is 0.555. The molecule has 1 aliphatic rings. The molecule has 22 heavy (non-hydrogen) atoms. The van der Waals surface area contributed by atoms with Crippen molar-refractivity contribution < 1.29 is 4.42 Å². The third kappa shape index (κ3) is 5.95. The SMILES string of the molecule is CSC1CCC(NC(=NCC(C)C)NCCc2ccco2)C1. The molecule has 0 bridgehead atoms. The second kappa shape index (κ2) is 9.13. The van der Waals surface area contributed by atoms with Gasteiger partial charge in [0.15, 0.2) is 5.96 Å². The average molecular weight is 324 g/mol. The summed E-state index contributed by atoms with van der Waals surface area (Å²) in [5.41, 5.74) is 0. The van der Waals surface area contributed by atoms with Crippen molar-refractivity contribution in [1.29, 1.82) is 0 Å². The fourth-order valence-electron chi connectivity index (χ4n) is 2.66. The van der Waals surface area contributed by atoms with Gasteiger partial charge in [-0.05, 0) is 43.6 Å². The van der Waals surface area contributed by atoms with Crippen molar-refractivity contribution in [2.45, 2.75) is 50.8 Å². The Hall–Kier alpha value is -1.10. The average Bonchev–Trinajstić information content (AvgIpc) is 3.15. The van der Waals surface area contributed by atoms with E-state index in [1.165, 1.54) is 19.3 Å². The van der Waals surface area contributed by atoms with E-state index in [0.717, 1.165) is 36.5 Å². The summed E-state index contributed by atoms with van der Waals surface area (Å²) in [6.07, 6.45) is 8.61. The van der Waals surface area contributed by atoms with E-state index < -0.39 is 0 Å². The number of thioether (sulfide) groups is 1. The van der Waals surface area contributed by atoms with Crippen molar-refractivity contribution in [1.82, 2.24) is 10.6 Å². The number of nitrogens with zero attached hydrogens (tertiary/aromatic N) is 1. The van der Waals surface area contributed by atoms with E-state index in [-0.39, 0.29) is 0 Å². The number of hydrogen-bond donors (Lipinski definition) is 2. The zero-order valence-electron chi connectivity index (χ0n) is 14.0. The first-order valence-corrected chi connectivity index (χ1v) is 9.56. The fourth-order valence-corrected chi connectivity index (χ4v) is 3.46. The largest absolute Gasteiger partial charge is 0.469 e. The van der Waals surface area contributed by atoms with E-state index in [1.54, 1.807) is 6.26 Å². The molecule has 2 unspecified atom stereocenters. The van der Waals surface area contributed by atoms with Crippen molar-refractivity contribution >= 4 is 17.7 Å². The molecule has 124 valence electrons. The standard InChI is InChI=1S/C17H29N3OS/c1-13(2)12-19-17(18-9-8-15-5-4-10-21-15)20-14-6-7-16(11-14)22-3/h4-5,10,13-14,16H,6-9,11-12H2,1-3H3,(H2,18,19,20). The first-order valence-electron chi connectivity index (χ1n) is 8.27. The van der Waals surface area contributed by atoms with Crippen molar-refractivity contribution in [3.8, 4) is 0 Å². The third-order valence-electron chi connectivity index (χ3n) is 3.92. The molecule has 2 atom stereocenters. The topological polar surface area (TPSA) is 49.6 Å². The highest BCUT2D eigenvalue weighted by atomic mass is 32.2. The van der Waals surface area contributed by atoms with Crippen molar-refractivity contribution in [3.63, 3.8) is 0 Å². The number of hydrogen-bond acceptors (Lipinski definition) is 3. The molecule has 1 aromatic rings. The molecule has 0 aliphatic heterocycles. The lowest BCUT2D eigenvalue weighted by Gasteiger charge is -2.18. The van der Waals surface area contributed by atoms with Gasteiger partial charge in [0.2, 0.25) is 0 Å². The van der Waals surface area contributed by atoms with Crippen LogP contribution in [0.4, 0.5) is 0 Å². The zero-order chi connectivity index (χ0) is 15.8. The molecule has 1 aromatic heterocycles. The van der Waals surface area contributed by atoms with Crippen LogP contribution in [0.15, 0.2) is 27.8 Å². The van der Waals surface area contributed by atoms with Gasteiger partial charge in [-0.15, -0.1) is 0 Å². The molecule has 1 aliphatic carbocycles. The van der Waals surface area contributed by atoms with Gasteiger partial charge in [-0.25, -0.2) is 0 Å². The highest BCUT2D eigenvalue weighted by Crippen LogP contribution is 2.28. The summed E-state index contributed by atoms with van der Waals surface area (Å²) in [5, 5.41) is 7.85. The number of rotatable bonds is 7. The Labute approximate surface area is 138 Å². The maximum Gasteiger partial charge on any atom is 0.191 e. The van der Waals surface area contributed by atoms with Crippen LogP contribution in [0.2, 0.25) is 0 Å². The molecule has 1 saturated carbocycles. The Morgan fingerprint density at radius 3 is 2.95 bits per heavy atom. The van der Waals surface area contributed by atoms with E-state index >= 15 is 0 Å². The van der Waals surface area contributed by atoms with Crippen LogP contribution in [0.25, 0.3) is 0 Å². The number of guanidine groups is 1. The normalized spacial score (nSPS) is 22.3. The van der Waals surface area contributed by atoms with E-state index in [2.05, 4.69) is 30.7 Å². The summed E-state index contributed by atoms with van der Waals surface area (Å²) < 4.78 is 5.37. The molecule has 0 spiro atoms. The molecule has 4 nitrogen and oxygen atoms in total. The number of furan rings is 1. The summed E-state index contributed by atoms with van der Waals surface area (Å²) in [7, 11) is 0. The predicted molar refractivity (Wildman–Crippen MR) is 95.6 cm³/mol. The molecule has 0 aromatic carbocycles. The Kier molecular flexibility index (Phi) is 7.16. The van der Waals surface area contributed by atoms with Crippen molar-refractivity contribution in [2.24, 2.45) is 10.9 Å². The van der Waals surface area contributed by atoms with Crippen LogP contribution in [0.3, 0.4) is 0 Å². The van der Waals surface area contributed by atoms with Crippen LogP contribution in [0.1, 0.15) is 38.9 Å². The van der Waals surface area contributed by atoms with Crippen LogP contribution < -0.4 is 10.6 Å². The van der Waals surface area contributed by atoms with E-state index in [0.29, 0.717) is 12.0 Å². The lowest BCUT2D eigenvalue weighted by atomic mass is 10.2. The highest BCUT2D eigenvalue weighted by Gasteiger charge is 2.24. The third-order valence-corrected chi connectivity index (χ3v) is 5.01. The van der Waals surface area contributed by atoms with Crippen molar-refractivity contribution in [2.75, 3.05) is 19.3 Å². The zero-order valence-corrected chi connectivity index (χ0v) is 14.8.